The molecule has 2 aromatic carbocycles. The number of ketones is 1. The summed E-state index contributed by atoms with van der Waals surface area (Å²) in [5.74, 6) is -0.444. The van der Waals surface area contributed by atoms with E-state index in [4.69, 9.17) is 9.15 Å². The number of anilines is 1. The molecule has 8 heteroatoms. The molecule has 0 spiro atoms. The highest BCUT2D eigenvalue weighted by Gasteiger charge is 2.68. The van der Waals surface area contributed by atoms with Crippen molar-refractivity contribution in [2.75, 3.05) is 18.6 Å². The van der Waals surface area contributed by atoms with Gasteiger partial charge in [0.1, 0.15) is 16.9 Å². The van der Waals surface area contributed by atoms with Gasteiger partial charge in [0.25, 0.3) is 0 Å². The number of para-hydroxylation sites is 2. The number of halogens is 1. The van der Waals surface area contributed by atoms with E-state index in [0.29, 0.717) is 30.4 Å². The first-order chi connectivity index (χ1) is 21.5. The lowest BCUT2D eigenvalue weighted by Crippen LogP contribution is -2.62. The Hall–Kier alpha value is -3.75. The minimum absolute atomic E-state index is 0.00364. The SMILES string of the molecule is C=CC1=C(N(C)c2ccc(F)cc2)C=C2CCC3C([C@@H](O)CC4(C)C3CC[C@]4(O)C(=O)COc3nc4ccccc4o3)C2(C)C1. The van der Waals surface area contributed by atoms with Crippen LogP contribution in [-0.2, 0) is 4.79 Å². The second kappa shape index (κ2) is 10.7. The molecule has 45 heavy (non-hydrogen) atoms. The van der Waals surface area contributed by atoms with Crippen molar-refractivity contribution < 1.29 is 28.6 Å². The van der Waals surface area contributed by atoms with Crippen LogP contribution in [0, 0.1) is 34.4 Å². The van der Waals surface area contributed by atoms with E-state index < -0.39 is 22.9 Å². The number of benzene rings is 2. The van der Waals surface area contributed by atoms with Gasteiger partial charge in [0.05, 0.1) is 6.10 Å². The van der Waals surface area contributed by atoms with Gasteiger partial charge in [0, 0.05) is 23.8 Å². The zero-order chi connectivity index (χ0) is 31.7. The molecule has 4 aliphatic rings. The van der Waals surface area contributed by atoms with Gasteiger partial charge in [-0.2, -0.15) is 4.98 Å². The van der Waals surface area contributed by atoms with Gasteiger partial charge < -0.3 is 24.3 Å². The van der Waals surface area contributed by atoms with Gasteiger partial charge in [-0.1, -0.05) is 44.2 Å². The number of hydrogen-bond donors (Lipinski definition) is 2. The number of nitrogens with zero attached hydrogens (tertiary/aromatic N) is 2. The van der Waals surface area contributed by atoms with Crippen molar-refractivity contribution in [1.29, 1.82) is 0 Å². The predicted molar refractivity (Wildman–Crippen MR) is 170 cm³/mol. The predicted octanol–water partition coefficient (Wildman–Crippen LogP) is 6.77. The van der Waals surface area contributed by atoms with Gasteiger partial charge in [-0.25, -0.2) is 4.39 Å². The maximum Gasteiger partial charge on any atom is 0.395 e. The summed E-state index contributed by atoms with van der Waals surface area (Å²) in [5.41, 5.74) is 2.84. The number of carbonyl (C=O) groups is 1. The van der Waals surface area contributed by atoms with Crippen LogP contribution in [0.2, 0.25) is 0 Å². The van der Waals surface area contributed by atoms with Crippen LogP contribution in [0.25, 0.3) is 11.1 Å². The first kappa shape index (κ1) is 29.9. The second-order valence-electron chi connectivity index (χ2n) is 14.0. The molecule has 4 aliphatic carbocycles. The number of hydrogen-bond acceptors (Lipinski definition) is 7. The topological polar surface area (TPSA) is 96.0 Å². The lowest BCUT2D eigenvalue weighted by molar-refractivity contribution is -0.181. The van der Waals surface area contributed by atoms with E-state index in [-0.39, 0.29) is 41.7 Å². The lowest BCUT2D eigenvalue weighted by atomic mass is 9.45. The zero-order valence-corrected chi connectivity index (χ0v) is 26.1. The molecule has 7 atom stereocenters. The molecular weight excluding hydrogens is 571 g/mol. The van der Waals surface area contributed by atoms with Crippen LogP contribution < -0.4 is 9.64 Å². The fourth-order valence-corrected chi connectivity index (χ4v) is 9.60. The van der Waals surface area contributed by atoms with Crippen LogP contribution in [-0.4, -0.2) is 46.3 Å². The van der Waals surface area contributed by atoms with Gasteiger partial charge in [-0.05, 0) is 110 Å². The first-order valence-electron chi connectivity index (χ1n) is 16.0. The Bertz CT molecular complexity index is 1690. The number of ether oxygens (including phenoxy) is 1. The number of fused-ring (bicyclic) bond motifs is 6. The Morgan fingerprint density at radius 3 is 2.69 bits per heavy atom. The number of rotatable bonds is 7. The number of allylic oxidation sites excluding steroid dienone is 4. The molecule has 3 aromatic rings. The van der Waals surface area contributed by atoms with E-state index in [1.54, 1.807) is 24.3 Å². The van der Waals surface area contributed by atoms with Gasteiger partial charge in [0.15, 0.2) is 12.2 Å². The average molecular weight is 613 g/mol. The molecule has 2 N–H and O–H groups in total. The fourth-order valence-electron chi connectivity index (χ4n) is 9.60. The molecule has 1 heterocycles. The van der Waals surface area contributed by atoms with Crippen LogP contribution in [0.15, 0.2) is 88.5 Å². The Morgan fingerprint density at radius 2 is 1.96 bits per heavy atom. The average Bonchev–Trinajstić information content (AvgIpc) is 3.56. The van der Waals surface area contributed by atoms with E-state index in [1.165, 1.54) is 17.7 Å². The third kappa shape index (κ3) is 4.51. The third-order valence-corrected chi connectivity index (χ3v) is 11.9. The molecular formula is C37H41FN2O5. The van der Waals surface area contributed by atoms with Crippen LogP contribution in [0.5, 0.6) is 6.08 Å². The van der Waals surface area contributed by atoms with E-state index in [0.717, 1.165) is 36.2 Å². The summed E-state index contributed by atoms with van der Waals surface area (Å²) in [6, 6.07) is 13.8. The van der Waals surface area contributed by atoms with E-state index >= 15 is 0 Å². The monoisotopic (exact) mass is 612 g/mol. The van der Waals surface area contributed by atoms with Crippen molar-refractivity contribution in [2.45, 2.75) is 64.1 Å². The Kier molecular flexibility index (Phi) is 7.09. The van der Waals surface area contributed by atoms with Crippen LogP contribution in [0.1, 0.15) is 52.4 Å². The van der Waals surface area contributed by atoms with Crippen LogP contribution in [0.4, 0.5) is 10.1 Å². The van der Waals surface area contributed by atoms with Gasteiger partial charge in [-0.15, -0.1) is 0 Å². The molecule has 0 radical (unpaired) electrons. The molecule has 0 bridgehead atoms. The van der Waals surface area contributed by atoms with Crippen molar-refractivity contribution in [3.05, 3.63) is 89.9 Å². The Morgan fingerprint density at radius 1 is 1.20 bits per heavy atom. The van der Waals surface area contributed by atoms with E-state index in [2.05, 4.69) is 29.5 Å². The maximum absolute atomic E-state index is 13.7. The normalized spacial score (nSPS) is 34.0. The number of aliphatic hydroxyl groups is 2. The summed E-state index contributed by atoms with van der Waals surface area (Å²) >= 11 is 0. The first-order valence-corrected chi connectivity index (χ1v) is 16.0. The summed E-state index contributed by atoms with van der Waals surface area (Å²) in [6.45, 7) is 8.04. The highest BCUT2D eigenvalue weighted by Crippen LogP contribution is 2.68. The number of carbonyl (C=O) groups excluding carboxylic acids is 1. The molecule has 0 amide bonds. The van der Waals surface area contributed by atoms with E-state index in [9.17, 15) is 19.4 Å². The van der Waals surface area contributed by atoms with Gasteiger partial charge in [0.2, 0.25) is 5.78 Å². The maximum atomic E-state index is 13.7. The number of likely N-dealkylation sites (N-methyl/N-ethyl adjacent to an activating group) is 1. The summed E-state index contributed by atoms with van der Waals surface area (Å²) < 4.78 is 24.9. The van der Waals surface area contributed by atoms with Crippen molar-refractivity contribution in [3.63, 3.8) is 0 Å². The summed E-state index contributed by atoms with van der Waals surface area (Å²) in [7, 11) is 1.99. The van der Waals surface area contributed by atoms with Crippen LogP contribution in [0.3, 0.4) is 0 Å². The minimum atomic E-state index is -1.61. The molecule has 0 aliphatic heterocycles. The van der Waals surface area contributed by atoms with Crippen molar-refractivity contribution >= 4 is 22.6 Å². The van der Waals surface area contributed by atoms with Gasteiger partial charge in [-0.3, -0.25) is 4.79 Å². The smallest absolute Gasteiger partial charge is 0.395 e. The Balaban J connectivity index is 1.13. The highest BCUT2D eigenvalue weighted by molar-refractivity contribution is 5.90. The number of aromatic nitrogens is 1. The molecule has 3 saturated carbocycles. The standard InChI is InChI=1S/C37H41FN2O5/c1-5-22-19-35(2)23(18-29(22)40(4)25-13-11-24(38)12-14-25)10-15-26-27-16-17-37(43,36(27,3)20-30(41)33(26)35)32(42)21-44-34-39-28-8-6-7-9-31(28)45-34/h5-9,11-14,18,26-27,30,33,41,43H,1,10,15-17,19-21H2,2-4H3/t26?,27?,30-,33?,35?,36?,37-/m0/s1. The Labute approximate surface area is 263 Å². The van der Waals surface area contributed by atoms with Crippen molar-refractivity contribution in [3.8, 4) is 6.08 Å². The molecule has 7 rings (SSSR count). The third-order valence-electron chi connectivity index (χ3n) is 11.9. The second-order valence-corrected chi connectivity index (χ2v) is 14.0. The van der Waals surface area contributed by atoms with Crippen molar-refractivity contribution in [2.24, 2.45) is 28.6 Å². The molecule has 5 unspecified atom stereocenters. The lowest BCUT2D eigenvalue weighted by Gasteiger charge is -2.60. The molecule has 0 saturated heterocycles. The van der Waals surface area contributed by atoms with E-state index in [1.807, 2.05) is 32.2 Å². The largest absolute Gasteiger partial charge is 0.442 e. The molecule has 3 fully saturated rings. The number of Topliss-reactive ketones (excluding diaryl/α,β-unsaturated/α-hetero) is 1. The summed E-state index contributed by atoms with van der Waals surface area (Å²) in [4.78, 5) is 20.1. The zero-order valence-electron chi connectivity index (χ0n) is 26.1. The van der Waals surface area contributed by atoms with Crippen LogP contribution >= 0.6 is 0 Å². The summed E-state index contributed by atoms with van der Waals surface area (Å²) in [6.07, 6.45) is 7.33. The molecule has 1 aromatic heterocycles. The van der Waals surface area contributed by atoms with Crippen molar-refractivity contribution in [1.82, 2.24) is 4.98 Å². The highest BCUT2D eigenvalue weighted by atomic mass is 19.1. The molecule has 7 nitrogen and oxygen atoms in total. The summed E-state index contributed by atoms with van der Waals surface area (Å²) in [5, 5.41) is 24.1. The van der Waals surface area contributed by atoms with Gasteiger partial charge >= 0.3 is 6.08 Å². The number of aliphatic hydroxyl groups excluding tert-OH is 1. The number of oxazole rings is 1. The fraction of sp³-hybridized carbons (Fsp3) is 0.459. The minimum Gasteiger partial charge on any atom is -0.442 e. The quantitative estimate of drug-likeness (QED) is 0.304. The molecule has 236 valence electrons.